The average Bonchev–Trinajstić information content (AvgIpc) is 2.97. The number of hydrogen-bond acceptors (Lipinski definition) is 5. The first-order valence-corrected chi connectivity index (χ1v) is 8.43. The standard InChI is InChI=1S/C16H16F3N3O2S/c1-8-14(16(24)22-5-3-21(2)4-6-22)25-15(20-8)9-7-10(17)12(19)13(23)11(9)18/h7,23H,3-6H2,1-2H3. The molecule has 1 amide bonds. The molecular weight excluding hydrogens is 355 g/mol. The Balaban J connectivity index is 1.95. The summed E-state index contributed by atoms with van der Waals surface area (Å²) in [6.07, 6.45) is 0. The molecule has 0 spiro atoms. The van der Waals surface area contributed by atoms with E-state index in [1.165, 1.54) is 0 Å². The zero-order chi connectivity index (χ0) is 18.3. The Morgan fingerprint density at radius 1 is 1.20 bits per heavy atom. The first kappa shape index (κ1) is 17.7. The van der Waals surface area contributed by atoms with E-state index in [9.17, 15) is 23.1 Å². The third kappa shape index (κ3) is 3.21. The van der Waals surface area contributed by atoms with Crippen LogP contribution in [0.15, 0.2) is 6.07 Å². The predicted molar refractivity (Wildman–Crippen MR) is 87.2 cm³/mol. The molecule has 1 aliphatic heterocycles. The molecule has 9 heteroatoms. The van der Waals surface area contributed by atoms with Crippen molar-refractivity contribution < 1.29 is 23.1 Å². The van der Waals surface area contributed by atoms with Gasteiger partial charge in [-0.3, -0.25) is 4.79 Å². The zero-order valence-corrected chi connectivity index (χ0v) is 14.5. The quantitative estimate of drug-likeness (QED) is 0.825. The van der Waals surface area contributed by atoms with Crippen LogP contribution in [0.1, 0.15) is 15.4 Å². The van der Waals surface area contributed by atoms with Gasteiger partial charge in [0.2, 0.25) is 5.82 Å². The van der Waals surface area contributed by atoms with Gasteiger partial charge >= 0.3 is 0 Å². The molecule has 5 nitrogen and oxygen atoms in total. The fraction of sp³-hybridized carbons (Fsp3) is 0.375. The summed E-state index contributed by atoms with van der Waals surface area (Å²) >= 11 is 0.896. The van der Waals surface area contributed by atoms with E-state index in [4.69, 9.17) is 0 Å². The maximum absolute atomic E-state index is 14.1. The Kier molecular flexibility index (Phi) is 4.70. The van der Waals surface area contributed by atoms with E-state index in [2.05, 4.69) is 9.88 Å². The van der Waals surface area contributed by atoms with Crippen molar-refractivity contribution in [3.63, 3.8) is 0 Å². The third-order valence-electron chi connectivity index (χ3n) is 4.14. The summed E-state index contributed by atoms with van der Waals surface area (Å²) in [4.78, 5) is 20.9. The van der Waals surface area contributed by atoms with Crippen LogP contribution in [-0.4, -0.2) is 59.0 Å². The molecular formula is C16H16F3N3O2S. The minimum absolute atomic E-state index is 0.0154. The summed E-state index contributed by atoms with van der Waals surface area (Å²) < 4.78 is 40.8. The van der Waals surface area contributed by atoms with Crippen LogP contribution < -0.4 is 0 Å². The van der Waals surface area contributed by atoms with E-state index in [1.54, 1.807) is 11.8 Å². The van der Waals surface area contributed by atoms with Crippen molar-refractivity contribution in [2.24, 2.45) is 0 Å². The van der Waals surface area contributed by atoms with E-state index < -0.39 is 23.2 Å². The molecule has 3 rings (SSSR count). The molecule has 1 N–H and O–H groups in total. The van der Waals surface area contributed by atoms with Gasteiger partial charge in [0, 0.05) is 26.2 Å². The number of phenolic OH excluding ortho intramolecular Hbond substituents is 1. The van der Waals surface area contributed by atoms with E-state index in [0.717, 1.165) is 24.4 Å². The number of halogens is 3. The molecule has 1 saturated heterocycles. The highest BCUT2D eigenvalue weighted by molar-refractivity contribution is 7.17. The van der Waals surface area contributed by atoms with Gasteiger partial charge in [0.05, 0.1) is 11.3 Å². The number of aryl methyl sites for hydroxylation is 1. The van der Waals surface area contributed by atoms with E-state index in [0.29, 0.717) is 29.7 Å². The van der Waals surface area contributed by atoms with Gasteiger partial charge in [-0.1, -0.05) is 0 Å². The fourth-order valence-electron chi connectivity index (χ4n) is 2.61. The first-order valence-electron chi connectivity index (χ1n) is 7.61. The van der Waals surface area contributed by atoms with Gasteiger partial charge in [-0.15, -0.1) is 11.3 Å². The Morgan fingerprint density at radius 2 is 1.84 bits per heavy atom. The van der Waals surface area contributed by atoms with Gasteiger partial charge in [0.25, 0.3) is 5.91 Å². The molecule has 134 valence electrons. The molecule has 0 radical (unpaired) electrons. The van der Waals surface area contributed by atoms with Gasteiger partial charge in [0.15, 0.2) is 17.4 Å². The summed E-state index contributed by atoms with van der Waals surface area (Å²) in [7, 11) is 1.97. The first-order chi connectivity index (χ1) is 11.8. The summed E-state index contributed by atoms with van der Waals surface area (Å²) in [5, 5.41) is 9.37. The molecule has 1 aliphatic rings. The van der Waals surface area contributed by atoms with Gasteiger partial charge in [-0.2, -0.15) is 4.39 Å². The monoisotopic (exact) mass is 371 g/mol. The molecule has 0 bridgehead atoms. The lowest BCUT2D eigenvalue weighted by Crippen LogP contribution is -2.47. The lowest BCUT2D eigenvalue weighted by molar-refractivity contribution is 0.0668. The summed E-state index contributed by atoms with van der Waals surface area (Å²) in [6.45, 7) is 4.25. The van der Waals surface area contributed by atoms with Crippen LogP contribution in [0.3, 0.4) is 0 Å². The van der Waals surface area contributed by atoms with Crippen molar-refractivity contribution in [2.75, 3.05) is 33.2 Å². The second kappa shape index (κ2) is 6.64. The van der Waals surface area contributed by atoms with E-state index in [1.807, 2.05) is 7.05 Å². The van der Waals surface area contributed by atoms with Gasteiger partial charge in [-0.05, 0) is 20.0 Å². The molecule has 0 aliphatic carbocycles. The van der Waals surface area contributed by atoms with E-state index in [-0.39, 0.29) is 16.5 Å². The Bertz CT molecular complexity index is 833. The number of carbonyl (C=O) groups is 1. The van der Waals surface area contributed by atoms with Crippen LogP contribution in [0.5, 0.6) is 5.75 Å². The average molecular weight is 371 g/mol. The largest absolute Gasteiger partial charge is 0.503 e. The lowest BCUT2D eigenvalue weighted by atomic mass is 10.2. The molecule has 1 aromatic carbocycles. The molecule has 0 unspecified atom stereocenters. The van der Waals surface area contributed by atoms with Gasteiger partial charge < -0.3 is 14.9 Å². The maximum Gasteiger partial charge on any atom is 0.265 e. The van der Waals surface area contributed by atoms with Crippen molar-refractivity contribution in [1.29, 1.82) is 0 Å². The molecule has 0 saturated carbocycles. The second-order valence-corrected chi connectivity index (χ2v) is 6.91. The fourth-order valence-corrected chi connectivity index (χ4v) is 3.65. The minimum Gasteiger partial charge on any atom is -0.503 e. The number of piperazine rings is 1. The minimum atomic E-state index is -1.65. The number of benzene rings is 1. The number of carbonyl (C=O) groups excluding carboxylic acids is 1. The van der Waals surface area contributed by atoms with E-state index >= 15 is 0 Å². The number of aromatic nitrogens is 1. The van der Waals surface area contributed by atoms with Crippen LogP contribution in [0.25, 0.3) is 10.6 Å². The number of phenols is 1. The van der Waals surface area contributed by atoms with Crippen molar-refractivity contribution in [3.8, 4) is 16.3 Å². The summed E-state index contributed by atoms with van der Waals surface area (Å²) in [6, 6.07) is 0.632. The smallest absolute Gasteiger partial charge is 0.265 e. The topological polar surface area (TPSA) is 56.7 Å². The van der Waals surface area contributed by atoms with Crippen molar-refractivity contribution in [2.45, 2.75) is 6.92 Å². The summed E-state index contributed by atoms with van der Waals surface area (Å²) in [5.74, 6) is -5.94. The highest BCUT2D eigenvalue weighted by Crippen LogP contribution is 2.36. The SMILES string of the molecule is Cc1nc(-c2cc(F)c(F)c(O)c2F)sc1C(=O)N1CCN(C)CC1. The number of likely N-dealkylation sites (N-methyl/N-ethyl adjacent to an activating group) is 1. The third-order valence-corrected chi connectivity index (χ3v) is 5.32. The molecule has 1 aromatic heterocycles. The normalized spacial score (nSPS) is 15.6. The zero-order valence-electron chi connectivity index (χ0n) is 13.6. The molecule has 25 heavy (non-hydrogen) atoms. The van der Waals surface area contributed by atoms with Crippen LogP contribution in [-0.2, 0) is 0 Å². The Morgan fingerprint density at radius 3 is 2.48 bits per heavy atom. The molecule has 1 fully saturated rings. The number of amides is 1. The number of nitrogens with zero attached hydrogens (tertiary/aromatic N) is 3. The van der Waals surface area contributed by atoms with Crippen LogP contribution in [0.4, 0.5) is 13.2 Å². The van der Waals surface area contributed by atoms with Crippen molar-refractivity contribution in [1.82, 2.24) is 14.8 Å². The maximum atomic E-state index is 14.1. The van der Waals surface area contributed by atoms with Gasteiger partial charge in [-0.25, -0.2) is 13.8 Å². The highest BCUT2D eigenvalue weighted by atomic mass is 32.1. The number of hydrogen-bond donors (Lipinski definition) is 1. The molecule has 0 atom stereocenters. The van der Waals surface area contributed by atoms with Crippen molar-refractivity contribution in [3.05, 3.63) is 34.1 Å². The van der Waals surface area contributed by atoms with Gasteiger partial charge in [0.1, 0.15) is 9.88 Å². The van der Waals surface area contributed by atoms with Crippen molar-refractivity contribution >= 4 is 17.2 Å². The number of aromatic hydroxyl groups is 1. The second-order valence-electron chi connectivity index (χ2n) is 5.91. The molecule has 2 aromatic rings. The van der Waals surface area contributed by atoms with Crippen LogP contribution in [0, 0.1) is 24.4 Å². The lowest BCUT2D eigenvalue weighted by Gasteiger charge is -2.32. The van der Waals surface area contributed by atoms with Crippen LogP contribution >= 0.6 is 11.3 Å². The predicted octanol–water partition coefficient (Wildman–Crippen LogP) is 2.63. The number of thiazole rings is 1. The van der Waals surface area contributed by atoms with Crippen LogP contribution in [0.2, 0.25) is 0 Å². The molecule has 2 heterocycles. The Hall–Kier alpha value is -2.13. The Labute approximate surface area is 146 Å². The highest BCUT2D eigenvalue weighted by Gasteiger charge is 2.27. The summed E-state index contributed by atoms with van der Waals surface area (Å²) in [5.41, 5.74) is 0.00878. The number of rotatable bonds is 2.